The molecule has 0 radical (unpaired) electrons. The Morgan fingerprint density at radius 2 is 2.12 bits per heavy atom. The number of anilines is 1. The molecule has 0 spiro atoms. The van der Waals surface area contributed by atoms with E-state index in [4.69, 9.17) is 20.3 Å². The van der Waals surface area contributed by atoms with Crippen molar-refractivity contribution >= 4 is 11.7 Å². The Bertz CT molecular complexity index is 390. The van der Waals surface area contributed by atoms with Gasteiger partial charge < -0.3 is 20.3 Å². The van der Waals surface area contributed by atoms with Crippen LogP contribution in [0.15, 0.2) is 12.1 Å². The molecule has 0 bridgehead atoms. The average molecular weight is 225 g/mol. The highest BCUT2D eigenvalue weighted by Gasteiger charge is 2.12. The van der Waals surface area contributed by atoms with E-state index in [9.17, 15) is 4.79 Å². The zero-order chi connectivity index (χ0) is 12.1. The zero-order valence-corrected chi connectivity index (χ0v) is 9.32. The van der Waals surface area contributed by atoms with Gasteiger partial charge in [0.05, 0.1) is 12.2 Å². The molecule has 1 aromatic rings. The van der Waals surface area contributed by atoms with Crippen molar-refractivity contribution in [3.05, 3.63) is 23.3 Å². The van der Waals surface area contributed by atoms with Crippen molar-refractivity contribution in [3.63, 3.8) is 0 Å². The molecule has 0 unspecified atom stereocenters. The summed E-state index contributed by atoms with van der Waals surface area (Å²) in [6.45, 7) is 2.57. The van der Waals surface area contributed by atoms with E-state index in [1.807, 2.05) is 0 Å². The molecule has 1 aromatic carbocycles. The van der Waals surface area contributed by atoms with Gasteiger partial charge in [0, 0.05) is 12.8 Å². The number of rotatable bonds is 5. The Kier molecular flexibility index (Phi) is 4.13. The fourth-order valence-corrected chi connectivity index (χ4v) is 1.27. The SMILES string of the molecule is COCCOc1cc(C)c(N)c(C(=O)O)c1. The van der Waals surface area contributed by atoms with Gasteiger partial charge in [-0.25, -0.2) is 4.79 Å². The third-order valence-corrected chi connectivity index (χ3v) is 2.15. The molecule has 16 heavy (non-hydrogen) atoms. The number of ether oxygens (including phenoxy) is 2. The van der Waals surface area contributed by atoms with Crippen LogP contribution in [-0.2, 0) is 4.74 Å². The van der Waals surface area contributed by atoms with E-state index in [1.165, 1.54) is 6.07 Å². The molecule has 0 saturated carbocycles. The maximum atomic E-state index is 10.9. The maximum absolute atomic E-state index is 10.9. The third-order valence-electron chi connectivity index (χ3n) is 2.15. The van der Waals surface area contributed by atoms with Crippen molar-refractivity contribution in [2.45, 2.75) is 6.92 Å². The highest BCUT2D eigenvalue weighted by Crippen LogP contribution is 2.24. The van der Waals surface area contributed by atoms with Crippen molar-refractivity contribution in [1.29, 1.82) is 0 Å². The molecule has 1 rings (SSSR count). The molecule has 0 atom stereocenters. The van der Waals surface area contributed by atoms with Gasteiger partial charge in [-0.2, -0.15) is 0 Å². The Balaban J connectivity index is 2.91. The molecule has 0 aliphatic carbocycles. The lowest BCUT2D eigenvalue weighted by Crippen LogP contribution is -2.08. The Hall–Kier alpha value is -1.75. The summed E-state index contributed by atoms with van der Waals surface area (Å²) in [5.41, 5.74) is 6.67. The summed E-state index contributed by atoms with van der Waals surface area (Å²) in [7, 11) is 1.57. The van der Waals surface area contributed by atoms with Crippen LogP contribution >= 0.6 is 0 Å². The van der Waals surface area contributed by atoms with Gasteiger partial charge in [-0.15, -0.1) is 0 Å². The second kappa shape index (κ2) is 5.37. The molecule has 88 valence electrons. The summed E-state index contributed by atoms with van der Waals surface area (Å²) >= 11 is 0. The molecule has 0 heterocycles. The number of methoxy groups -OCH3 is 1. The molecule has 0 fully saturated rings. The summed E-state index contributed by atoms with van der Waals surface area (Å²) in [5.74, 6) is -0.570. The van der Waals surface area contributed by atoms with Gasteiger partial charge in [0.15, 0.2) is 0 Å². The van der Waals surface area contributed by atoms with Crippen molar-refractivity contribution < 1.29 is 19.4 Å². The normalized spacial score (nSPS) is 10.1. The van der Waals surface area contributed by atoms with Crippen LogP contribution in [0.1, 0.15) is 15.9 Å². The van der Waals surface area contributed by atoms with Crippen LogP contribution in [0.25, 0.3) is 0 Å². The number of benzene rings is 1. The number of carboxylic acid groups (broad SMARTS) is 1. The number of hydrogen-bond donors (Lipinski definition) is 2. The van der Waals surface area contributed by atoms with Gasteiger partial charge in [-0.05, 0) is 24.6 Å². The largest absolute Gasteiger partial charge is 0.491 e. The highest BCUT2D eigenvalue weighted by atomic mass is 16.5. The summed E-state index contributed by atoms with van der Waals surface area (Å²) < 4.78 is 10.2. The molecule has 0 aliphatic rings. The molecule has 0 saturated heterocycles. The van der Waals surface area contributed by atoms with Gasteiger partial charge in [-0.3, -0.25) is 0 Å². The Labute approximate surface area is 93.8 Å². The Morgan fingerprint density at radius 1 is 1.44 bits per heavy atom. The lowest BCUT2D eigenvalue weighted by Gasteiger charge is -2.10. The lowest BCUT2D eigenvalue weighted by molar-refractivity contribution is 0.0697. The molecule has 0 aliphatic heterocycles. The standard InChI is InChI=1S/C11H15NO4/c1-7-5-8(16-4-3-15-2)6-9(10(7)12)11(13)14/h5-6H,3-4,12H2,1-2H3,(H,13,14). The summed E-state index contributed by atoms with van der Waals surface area (Å²) in [5, 5.41) is 8.93. The minimum Gasteiger partial charge on any atom is -0.491 e. The molecular weight excluding hydrogens is 210 g/mol. The smallest absolute Gasteiger partial charge is 0.337 e. The summed E-state index contributed by atoms with van der Waals surface area (Å²) in [6.07, 6.45) is 0. The van der Waals surface area contributed by atoms with Gasteiger partial charge in [0.2, 0.25) is 0 Å². The van der Waals surface area contributed by atoms with E-state index in [1.54, 1.807) is 20.1 Å². The highest BCUT2D eigenvalue weighted by molar-refractivity contribution is 5.95. The van der Waals surface area contributed by atoms with E-state index in [-0.39, 0.29) is 11.3 Å². The van der Waals surface area contributed by atoms with Crippen LogP contribution in [0.2, 0.25) is 0 Å². The van der Waals surface area contributed by atoms with E-state index < -0.39 is 5.97 Å². The van der Waals surface area contributed by atoms with Crippen LogP contribution in [-0.4, -0.2) is 31.4 Å². The van der Waals surface area contributed by atoms with Crippen molar-refractivity contribution in [1.82, 2.24) is 0 Å². The molecule has 5 nitrogen and oxygen atoms in total. The van der Waals surface area contributed by atoms with E-state index in [2.05, 4.69) is 0 Å². The quantitative estimate of drug-likeness (QED) is 0.583. The van der Waals surface area contributed by atoms with Gasteiger partial charge in [0.1, 0.15) is 12.4 Å². The fourth-order valence-electron chi connectivity index (χ4n) is 1.27. The number of carbonyl (C=O) groups is 1. The minimum absolute atomic E-state index is 0.0624. The van der Waals surface area contributed by atoms with E-state index in [0.29, 0.717) is 24.5 Å². The summed E-state index contributed by atoms with van der Waals surface area (Å²) in [6, 6.07) is 3.12. The van der Waals surface area contributed by atoms with Gasteiger partial charge >= 0.3 is 5.97 Å². The minimum atomic E-state index is -1.06. The monoisotopic (exact) mass is 225 g/mol. The van der Waals surface area contributed by atoms with Gasteiger partial charge in [-0.1, -0.05) is 0 Å². The average Bonchev–Trinajstić information content (AvgIpc) is 2.23. The number of nitrogens with two attached hydrogens (primary N) is 1. The fraction of sp³-hybridized carbons (Fsp3) is 0.364. The number of carboxylic acids is 1. The predicted octanol–water partition coefficient (Wildman–Crippen LogP) is 1.30. The molecule has 5 heteroatoms. The van der Waals surface area contributed by atoms with Gasteiger partial charge in [0.25, 0.3) is 0 Å². The van der Waals surface area contributed by atoms with E-state index >= 15 is 0 Å². The van der Waals surface area contributed by atoms with Crippen molar-refractivity contribution in [3.8, 4) is 5.75 Å². The first kappa shape index (κ1) is 12.3. The number of hydrogen-bond acceptors (Lipinski definition) is 4. The first-order chi connectivity index (χ1) is 7.56. The zero-order valence-electron chi connectivity index (χ0n) is 9.32. The maximum Gasteiger partial charge on any atom is 0.337 e. The summed E-state index contributed by atoms with van der Waals surface area (Å²) in [4.78, 5) is 10.9. The van der Waals surface area contributed by atoms with Crippen LogP contribution in [0.5, 0.6) is 5.75 Å². The van der Waals surface area contributed by atoms with E-state index in [0.717, 1.165) is 0 Å². The topological polar surface area (TPSA) is 81.8 Å². The van der Waals surface area contributed by atoms with Crippen LogP contribution in [0, 0.1) is 6.92 Å². The molecule has 3 N–H and O–H groups in total. The van der Waals surface area contributed by atoms with Crippen LogP contribution in [0.3, 0.4) is 0 Å². The predicted molar refractivity (Wildman–Crippen MR) is 59.9 cm³/mol. The third kappa shape index (κ3) is 2.87. The van der Waals surface area contributed by atoms with Crippen molar-refractivity contribution in [2.75, 3.05) is 26.1 Å². The second-order valence-corrected chi connectivity index (χ2v) is 3.35. The first-order valence-corrected chi connectivity index (χ1v) is 4.81. The number of nitrogen functional groups attached to an aromatic ring is 1. The second-order valence-electron chi connectivity index (χ2n) is 3.35. The Morgan fingerprint density at radius 3 is 2.69 bits per heavy atom. The van der Waals surface area contributed by atoms with Crippen molar-refractivity contribution in [2.24, 2.45) is 0 Å². The first-order valence-electron chi connectivity index (χ1n) is 4.81. The molecule has 0 amide bonds. The number of aromatic carboxylic acids is 1. The molecular formula is C11H15NO4. The lowest BCUT2D eigenvalue weighted by atomic mass is 10.1. The molecule has 0 aromatic heterocycles. The van der Waals surface area contributed by atoms with Crippen LogP contribution in [0.4, 0.5) is 5.69 Å². The number of aryl methyl sites for hydroxylation is 1. The van der Waals surface area contributed by atoms with Crippen LogP contribution < -0.4 is 10.5 Å².